The molecule has 0 saturated heterocycles. The highest BCUT2D eigenvalue weighted by Gasteiger charge is 2.28. The number of hydrogen-bond acceptors (Lipinski definition) is 5. The van der Waals surface area contributed by atoms with E-state index in [1.165, 1.54) is 0 Å². The zero-order valence-corrected chi connectivity index (χ0v) is 15.7. The van der Waals surface area contributed by atoms with Crippen LogP contribution in [0.25, 0.3) is 0 Å². The van der Waals surface area contributed by atoms with Crippen molar-refractivity contribution in [1.82, 2.24) is 5.32 Å². The summed E-state index contributed by atoms with van der Waals surface area (Å²) in [6.45, 7) is 2.75. The van der Waals surface area contributed by atoms with E-state index in [1.54, 1.807) is 13.8 Å². The molecule has 1 aliphatic carbocycles. The molecule has 1 aliphatic rings. The van der Waals surface area contributed by atoms with E-state index in [-0.39, 0.29) is 18.3 Å². The number of carbonyl (C=O) groups excluding carboxylic acids is 2. The van der Waals surface area contributed by atoms with Gasteiger partial charge in [0.2, 0.25) is 6.79 Å². The number of amides is 1. The first-order valence-corrected chi connectivity index (χ1v) is 10.0. The Bertz CT molecular complexity index is 462. The van der Waals surface area contributed by atoms with Crippen LogP contribution >= 0.6 is 8.03 Å². The largest absolute Gasteiger partial charge is 0.505 e. The van der Waals surface area contributed by atoms with E-state index in [9.17, 15) is 18.5 Å². The Morgan fingerprint density at radius 3 is 2.60 bits per heavy atom. The van der Waals surface area contributed by atoms with Crippen LogP contribution in [0.4, 0.5) is 9.18 Å². The second kappa shape index (κ2) is 11.4. The Balaban J connectivity index is 2.19. The third kappa shape index (κ3) is 9.70. The molecule has 2 N–H and O–H groups in total. The summed E-state index contributed by atoms with van der Waals surface area (Å²) in [7, 11) is -2.12. The molecule has 0 heterocycles. The number of alkyl carbamates (subject to hydrolysis) is 1. The molecule has 0 radical (unpaired) electrons. The molecular formula is C16H28FNO6P+. The van der Waals surface area contributed by atoms with Gasteiger partial charge in [0.25, 0.3) is 0 Å². The van der Waals surface area contributed by atoms with Crippen molar-refractivity contribution in [2.75, 3.05) is 13.0 Å². The summed E-state index contributed by atoms with van der Waals surface area (Å²) in [5.74, 6) is -0.305. The maximum Gasteiger partial charge on any atom is 0.505 e. The summed E-state index contributed by atoms with van der Waals surface area (Å²) in [5, 5.41) is 2.06. The summed E-state index contributed by atoms with van der Waals surface area (Å²) in [6, 6.07) is 0. The zero-order chi connectivity index (χ0) is 18.8. The van der Waals surface area contributed by atoms with Crippen molar-refractivity contribution in [3.63, 3.8) is 0 Å². The second-order valence-electron chi connectivity index (χ2n) is 6.79. The third-order valence-corrected chi connectivity index (χ3v) is 5.10. The molecule has 9 heteroatoms. The number of hydrogen-bond donors (Lipinski definition) is 2. The molecule has 4 atom stereocenters. The Morgan fingerprint density at radius 2 is 1.96 bits per heavy atom. The van der Waals surface area contributed by atoms with Crippen LogP contribution in [-0.4, -0.2) is 36.2 Å². The van der Waals surface area contributed by atoms with Gasteiger partial charge in [0.15, 0.2) is 12.5 Å². The van der Waals surface area contributed by atoms with Gasteiger partial charge >= 0.3 is 20.1 Å². The number of alkyl halides is 1. The van der Waals surface area contributed by atoms with Crippen molar-refractivity contribution in [2.24, 2.45) is 17.8 Å². The van der Waals surface area contributed by atoms with Crippen LogP contribution in [0.1, 0.15) is 52.4 Å². The Morgan fingerprint density at radius 1 is 1.28 bits per heavy atom. The molecule has 1 fully saturated rings. The molecule has 144 valence electrons. The Kier molecular flexibility index (Phi) is 9.90. The van der Waals surface area contributed by atoms with Crippen molar-refractivity contribution in [1.29, 1.82) is 0 Å². The highest BCUT2D eigenvalue weighted by Crippen LogP contribution is 2.36. The van der Waals surface area contributed by atoms with E-state index in [2.05, 4.69) is 14.8 Å². The second-order valence-corrected chi connectivity index (χ2v) is 7.86. The monoisotopic (exact) mass is 380 g/mol. The SMILES string of the molecule is CC(C)C(=O)OCOC(=O)NC(F)CCC1CCCC(C[P+](=O)O)C1. The van der Waals surface area contributed by atoms with Gasteiger partial charge in [-0.05, 0) is 36.2 Å². The molecule has 1 amide bonds. The summed E-state index contributed by atoms with van der Waals surface area (Å²) >= 11 is 0. The molecule has 7 nitrogen and oxygen atoms in total. The summed E-state index contributed by atoms with van der Waals surface area (Å²) < 4.78 is 34.0. The Hall–Kier alpha value is -1.27. The molecule has 0 aromatic heterocycles. The maximum absolute atomic E-state index is 13.8. The van der Waals surface area contributed by atoms with Crippen LogP contribution in [0.3, 0.4) is 0 Å². The van der Waals surface area contributed by atoms with Crippen LogP contribution in [0.5, 0.6) is 0 Å². The summed E-state index contributed by atoms with van der Waals surface area (Å²) in [6.07, 6.45) is 2.27. The minimum Gasteiger partial charge on any atom is -0.428 e. The molecule has 0 bridgehead atoms. The predicted molar refractivity (Wildman–Crippen MR) is 89.7 cm³/mol. The van der Waals surface area contributed by atoms with Crippen LogP contribution in [0, 0.1) is 17.8 Å². The number of halogens is 1. The Labute approximate surface area is 148 Å². The minimum atomic E-state index is -2.12. The molecule has 0 aliphatic heterocycles. The lowest BCUT2D eigenvalue weighted by molar-refractivity contribution is -0.155. The fourth-order valence-corrected chi connectivity index (χ4v) is 3.76. The highest BCUT2D eigenvalue weighted by atomic mass is 31.1. The van der Waals surface area contributed by atoms with E-state index in [1.807, 2.05) is 0 Å². The topological polar surface area (TPSA) is 102 Å². The van der Waals surface area contributed by atoms with Crippen molar-refractivity contribution in [3.8, 4) is 0 Å². The first-order chi connectivity index (χ1) is 11.8. The van der Waals surface area contributed by atoms with Crippen molar-refractivity contribution in [2.45, 2.75) is 58.7 Å². The molecule has 0 aromatic rings. The lowest BCUT2D eigenvalue weighted by Gasteiger charge is -2.27. The van der Waals surface area contributed by atoms with Crippen LogP contribution in [-0.2, 0) is 18.8 Å². The zero-order valence-electron chi connectivity index (χ0n) is 14.8. The van der Waals surface area contributed by atoms with Gasteiger partial charge in [0, 0.05) is 5.92 Å². The number of nitrogens with one attached hydrogen (secondary N) is 1. The predicted octanol–water partition coefficient (Wildman–Crippen LogP) is 3.49. The van der Waals surface area contributed by atoms with Crippen LogP contribution < -0.4 is 5.32 Å². The average Bonchev–Trinajstić information content (AvgIpc) is 2.52. The lowest BCUT2D eigenvalue weighted by atomic mass is 9.80. The van der Waals surface area contributed by atoms with Gasteiger partial charge in [-0.1, -0.05) is 26.7 Å². The fourth-order valence-electron chi connectivity index (χ4n) is 2.98. The first-order valence-electron chi connectivity index (χ1n) is 8.65. The third-order valence-electron chi connectivity index (χ3n) is 4.27. The summed E-state index contributed by atoms with van der Waals surface area (Å²) in [4.78, 5) is 31.6. The number of carbonyl (C=O) groups is 2. The van der Waals surface area contributed by atoms with Gasteiger partial charge < -0.3 is 9.47 Å². The van der Waals surface area contributed by atoms with Crippen molar-refractivity contribution in [3.05, 3.63) is 0 Å². The van der Waals surface area contributed by atoms with Crippen LogP contribution in [0.2, 0.25) is 0 Å². The molecule has 25 heavy (non-hydrogen) atoms. The standard InChI is InChI=1S/C16H27FNO6P/c1-11(2)15(19)23-10-24-16(20)18-14(17)7-6-12-4-3-5-13(8-12)9-25(21)22/h11-14H,3-10H2,1-2H3,(H-,18,20,21,22)/p+1. The molecular weight excluding hydrogens is 352 g/mol. The van der Waals surface area contributed by atoms with Gasteiger partial charge in [0.05, 0.1) is 5.92 Å². The molecule has 4 unspecified atom stereocenters. The lowest BCUT2D eigenvalue weighted by Crippen LogP contribution is -2.33. The van der Waals surface area contributed by atoms with E-state index in [0.717, 1.165) is 25.7 Å². The normalized spacial score (nSPS) is 22.2. The number of rotatable bonds is 9. The maximum atomic E-state index is 13.8. The molecule has 1 saturated carbocycles. The van der Waals surface area contributed by atoms with E-state index < -0.39 is 33.2 Å². The average molecular weight is 380 g/mol. The van der Waals surface area contributed by atoms with Crippen molar-refractivity contribution < 1.29 is 32.9 Å². The van der Waals surface area contributed by atoms with Gasteiger partial charge in [-0.15, -0.1) is 0 Å². The van der Waals surface area contributed by atoms with E-state index >= 15 is 0 Å². The molecule has 0 aromatic carbocycles. The first kappa shape index (κ1) is 21.8. The van der Waals surface area contributed by atoms with Gasteiger partial charge in [-0.25, -0.2) is 9.18 Å². The van der Waals surface area contributed by atoms with E-state index in [0.29, 0.717) is 18.5 Å². The number of esters is 1. The van der Waals surface area contributed by atoms with Gasteiger partial charge in [0.1, 0.15) is 0 Å². The summed E-state index contributed by atoms with van der Waals surface area (Å²) in [5.41, 5.74) is 0. The quantitative estimate of drug-likeness (QED) is 0.275. The smallest absolute Gasteiger partial charge is 0.428 e. The molecule has 0 spiro atoms. The molecule has 1 rings (SSSR count). The van der Waals surface area contributed by atoms with Gasteiger partial charge in [-0.2, -0.15) is 4.89 Å². The fraction of sp³-hybridized carbons (Fsp3) is 0.875. The van der Waals surface area contributed by atoms with Crippen molar-refractivity contribution >= 4 is 20.1 Å². The minimum absolute atomic E-state index is 0.156. The number of ether oxygens (including phenoxy) is 2. The van der Waals surface area contributed by atoms with Crippen LogP contribution in [0.15, 0.2) is 0 Å². The van der Waals surface area contributed by atoms with Gasteiger partial charge in [-0.3, -0.25) is 10.1 Å². The van der Waals surface area contributed by atoms with E-state index in [4.69, 9.17) is 4.89 Å². The highest BCUT2D eigenvalue weighted by molar-refractivity contribution is 7.38.